The molecule has 1 aliphatic rings. The fourth-order valence-corrected chi connectivity index (χ4v) is 3.26. The van der Waals surface area contributed by atoms with Gasteiger partial charge in [-0.25, -0.2) is 9.07 Å². The van der Waals surface area contributed by atoms with Gasteiger partial charge >= 0.3 is 0 Å². The van der Waals surface area contributed by atoms with Gasteiger partial charge in [0.05, 0.1) is 37.1 Å². The highest BCUT2D eigenvalue weighted by atomic mass is 19.1. The lowest BCUT2D eigenvalue weighted by Crippen LogP contribution is -2.37. The second-order valence-electron chi connectivity index (χ2n) is 6.74. The van der Waals surface area contributed by atoms with Gasteiger partial charge in [0.25, 0.3) is 0 Å². The Morgan fingerprint density at radius 3 is 2.68 bits per heavy atom. The number of morpholine rings is 1. The maximum absolute atomic E-state index is 13.3. The lowest BCUT2D eigenvalue weighted by molar-refractivity contribution is 0.122. The summed E-state index contributed by atoms with van der Waals surface area (Å²) in [5, 5.41) is 8.62. The number of nitrogens with one attached hydrogen (secondary N) is 1. The number of halogens is 1. The summed E-state index contributed by atoms with van der Waals surface area (Å²) < 4.78 is 25.7. The summed E-state index contributed by atoms with van der Waals surface area (Å²) in [5.41, 5.74) is 1.40. The van der Waals surface area contributed by atoms with Gasteiger partial charge < -0.3 is 19.7 Å². The zero-order chi connectivity index (χ0) is 19.5. The molecule has 1 aliphatic heterocycles. The van der Waals surface area contributed by atoms with E-state index >= 15 is 0 Å². The minimum atomic E-state index is -0.292. The minimum absolute atomic E-state index is 0.0437. The second kappa shape index (κ2) is 8.07. The number of rotatable bonds is 6. The van der Waals surface area contributed by atoms with Crippen LogP contribution in [-0.4, -0.2) is 65.8 Å². The fraction of sp³-hybridized carbons (Fsp3) is 0.421. The monoisotopic (exact) mass is 386 g/mol. The molecule has 1 atom stereocenters. The van der Waals surface area contributed by atoms with Gasteiger partial charge in [0.1, 0.15) is 11.6 Å². The van der Waals surface area contributed by atoms with Crippen molar-refractivity contribution in [3.05, 3.63) is 36.3 Å². The van der Waals surface area contributed by atoms with Crippen LogP contribution in [0.3, 0.4) is 0 Å². The lowest BCUT2D eigenvalue weighted by atomic mass is 10.3. The second-order valence-corrected chi connectivity index (χ2v) is 6.74. The highest BCUT2D eigenvalue weighted by Gasteiger charge is 2.21. The summed E-state index contributed by atoms with van der Waals surface area (Å²) in [4.78, 5) is 11.6. The van der Waals surface area contributed by atoms with Crippen LogP contribution in [0.1, 0.15) is 6.92 Å². The average Bonchev–Trinajstić information content (AvgIpc) is 3.13. The molecular formula is C19H23FN6O2. The molecule has 0 aliphatic carbocycles. The summed E-state index contributed by atoms with van der Waals surface area (Å²) in [6, 6.07) is 6.22. The average molecular weight is 386 g/mol. The van der Waals surface area contributed by atoms with Crippen LogP contribution in [0.4, 0.5) is 16.2 Å². The number of aromatic nitrogens is 4. The molecule has 3 heterocycles. The molecular weight excluding hydrogens is 363 g/mol. The minimum Gasteiger partial charge on any atom is -0.383 e. The van der Waals surface area contributed by atoms with Gasteiger partial charge in [-0.3, -0.25) is 0 Å². The van der Waals surface area contributed by atoms with Crippen LogP contribution in [0, 0.1) is 5.82 Å². The third-order valence-corrected chi connectivity index (χ3v) is 4.58. The largest absolute Gasteiger partial charge is 0.383 e. The molecule has 28 heavy (non-hydrogen) atoms. The smallest absolute Gasteiger partial charge is 0.227 e. The van der Waals surface area contributed by atoms with E-state index in [1.807, 2.05) is 6.92 Å². The first-order valence-electron chi connectivity index (χ1n) is 9.25. The standard InChI is InChI=1S/C19H23FN6O2/c1-13(12-27-2)22-19-23-17(25-7-9-28-10-8-25)16-11-21-26(18(16)24-19)15-5-3-14(20)4-6-15/h3-6,11,13H,7-10,12H2,1-2H3,(H,22,23,24). The predicted molar refractivity (Wildman–Crippen MR) is 105 cm³/mol. The van der Waals surface area contributed by atoms with Gasteiger partial charge in [-0.1, -0.05) is 0 Å². The maximum atomic E-state index is 13.3. The van der Waals surface area contributed by atoms with E-state index < -0.39 is 0 Å². The zero-order valence-corrected chi connectivity index (χ0v) is 15.9. The van der Waals surface area contributed by atoms with Gasteiger partial charge in [0.15, 0.2) is 5.65 Å². The molecule has 1 fully saturated rings. The van der Waals surface area contributed by atoms with Crippen LogP contribution in [0.5, 0.6) is 0 Å². The van der Waals surface area contributed by atoms with Crippen molar-refractivity contribution >= 4 is 22.8 Å². The number of ether oxygens (including phenoxy) is 2. The van der Waals surface area contributed by atoms with Crippen molar-refractivity contribution in [3.63, 3.8) is 0 Å². The molecule has 2 aromatic heterocycles. The Labute approximate surface area is 162 Å². The lowest BCUT2D eigenvalue weighted by Gasteiger charge is -2.28. The number of benzene rings is 1. The van der Waals surface area contributed by atoms with E-state index in [1.54, 1.807) is 30.1 Å². The number of anilines is 2. The highest BCUT2D eigenvalue weighted by molar-refractivity contribution is 5.89. The van der Waals surface area contributed by atoms with Gasteiger partial charge in [-0.2, -0.15) is 15.1 Å². The van der Waals surface area contributed by atoms with Crippen LogP contribution >= 0.6 is 0 Å². The third kappa shape index (κ3) is 3.76. The van der Waals surface area contributed by atoms with Crippen molar-refractivity contribution in [3.8, 4) is 5.69 Å². The Kier molecular flexibility index (Phi) is 5.36. The quantitative estimate of drug-likeness (QED) is 0.696. The molecule has 0 amide bonds. The molecule has 3 aromatic rings. The maximum Gasteiger partial charge on any atom is 0.227 e. The first-order valence-corrected chi connectivity index (χ1v) is 9.25. The Hall–Kier alpha value is -2.78. The molecule has 0 saturated carbocycles. The van der Waals surface area contributed by atoms with E-state index in [1.165, 1.54) is 12.1 Å². The molecule has 148 valence electrons. The Bertz CT molecular complexity index is 939. The van der Waals surface area contributed by atoms with E-state index in [-0.39, 0.29) is 11.9 Å². The van der Waals surface area contributed by atoms with Gasteiger partial charge in [0, 0.05) is 26.2 Å². The van der Waals surface area contributed by atoms with E-state index in [0.717, 1.165) is 30.0 Å². The van der Waals surface area contributed by atoms with Crippen LogP contribution in [0.15, 0.2) is 30.5 Å². The Morgan fingerprint density at radius 2 is 1.96 bits per heavy atom. The van der Waals surface area contributed by atoms with Crippen molar-refractivity contribution in [2.45, 2.75) is 13.0 Å². The fourth-order valence-electron chi connectivity index (χ4n) is 3.26. The van der Waals surface area contributed by atoms with Crippen LogP contribution in [0.25, 0.3) is 16.7 Å². The molecule has 1 N–H and O–H groups in total. The highest BCUT2D eigenvalue weighted by Crippen LogP contribution is 2.28. The molecule has 0 radical (unpaired) electrons. The first kappa shape index (κ1) is 18.6. The van der Waals surface area contributed by atoms with E-state index in [4.69, 9.17) is 14.5 Å². The SMILES string of the molecule is COCC(C)Nc1nc(N2CCOCC2)c2cnn(-c3ccc(F)cc3)c2n1. The van der Waals surface area contributed by atoms with Crippen molar-refractivity contribution in [1.82, 2.24) is 19.7 Å². The third-order valence-electron chi connectivity index (χ3n) is 4.58. The topological polar surface area (TPSA) is 77.3 Å². The number of fused-ring (bicyclic) bond motifs is 1. The number of hydrogen-bond donors (Lipinski definition) is 1. The van der Waals surface area contributed by atoms with Crippen LogP contribution in [0.2, 0.25) is 0 Å². The number of hydrogen-bond acceptors (Lipinski definition) is 7. The molecule has 4 rings (SSSR count). The summed E-state index contributed by atoms with van der Waals surface area (Å²) >= 11 is 0. The van der Waals surface area contributed by atoms with Crippen molar-refractivity contribution in [2.75, 3.05) is 50.2 Å². The molecule has 0 spiro atoms. The van der Waals surface area contributed by atoms with E-state index in [0.29, 0.717) is 31.4 Å². The van der Waals surface area contributed by atoms with Gasteiger partial charge in [-0.05, 0) is 31.2 Å². The van der Waals surface area contributed by atoms with Crippen molar-refractivity contribution < 1.29 is 13.9 Å². The van der Waals surface area contributed by atoms with Crippen LogP contribution in [-0.2, 0) is 9.47 Å². The molecule has 1 aromatic carbocycles. The van der Waals surface area contributed by atoms with E-state index in [9.17, 15) is 4.39 Å². The Balaban J connectivity index is 1.80. The normalized spacial score (nSPS) is 15.8. The summed E-state index contributed by atoms with van der Waals surface area (Å²) in [6.45, 7) is 5.34. The molecule has 1 unspecified atom stereocenters. The van der Waals surface area contributed by atoms with Gasteiger partial charge in [0.2, 0.25) is 5.95 Å². The molecule has 9 heteroatoms. The number of methoxy groups -OCH3 is 1. The van der Waals surface area contributed by atoms with E-state index in [2.05, 4.69) is 20.3 Å². The van der Waals surface area contributed by atoms with Crippen LogP contribution < -0.4 is 10.2 Å². The number of nitrogens with zero attached hydrogens (tertiary/aromatic N) is 5. The summed E-state index contributed by atoms with van der Waals surface area (Å²) in [7, 11) is 1.66. The summed E-state index contributed by atoms with van der Waals surface area (Å²) in [5.74, 6) is 1.02. The van der Waals surface area contributed by atoms with Crippen molar-refractivity contribution in [1.29, 1.82) is 0 Å². The zero-order valence-electron chi connectivity index (χ0n) is 15.9. The summed E-state index contributed by atoms with van der Waals surface area (Å²) in [6.07, 6.45) is 1.76. The predicted octanol–water partition coefficient (Wildman–Crippen LogP) is 2.24. The Morgan fingerprint density at radius 1 is 1.21 bits per heavy atom. The molecule has 0 bridgehead atoms. The first-order chi connectivity index (χ1) is 13.7. The van der Waals surface area contributed by atoms with Gasteiger partial charge in [-0.15, -0.1) is 0 Å². The van der Waals surface area contributed by atoms with Crippen molar-refractivity contribution in [2.24, 2.45) is 0 Å². The molecule has 1 saturated heterocycles. The molecule has 8 nitrogen and oxygen atoms in total.